The Morgan fingerprint density at radius 1 is 0.867 bits per heavy atom. The van der Waals surface area contributed by atoms with Crippen molar-refractivity contribution in [3.05, 3.63) is 78.4 Å². The van der Waals surface area contributed by atoms with Crippen LogP contribution in [0, 0.1) is 23.7 Å². The van der Waals surface area contributed by atoms with Gasteiger partial charge in [-0.25, -0.2) is 0 Å². The van der Waals surface area contributed by atoms with E-state index in [0.29, 0.717) is 5.69 Å². The molecule has 0 spiro atoms. The molecule has 4 aliphatic rings. The number of benzene rings is 2. The molecule has 152 valence electrons. The lowest BCUT2D eigenvalue weighted by atomic mass is 9.63. The van der Waals surface area contributed by atoms with Gasteiger partial charge >= 0.3 is 0 Å². The number of imide groups is 1. The molecule has 0 aromatic heterocycles. The Bertz CT molecular complexity index is 970. The Morgan fingerprint density at radius 2 is 1.40 bits per heavy atom. The van der Waals surface area contributed by atoms with Crippen molar-refractivity contribution < 1.29 is 14.4 Å². The number of fused-ring (bicyclic) bond motifs is 1. The smallest absolute Gasteiger partial charge is 0.234 e. The Hall–Kier alpha value is -3.21. The van der Waals surface area contributed by atoms with Crippen LogP contribution in [0.5, 0.6) is 0 Å². The molecule has 0 radical (unpaired) electrons. The highest BCUT2D eigenvalue weighted by Crippen LogP contribution is 2.51. The molecule has 1 saturated heterocycles. The molecule has 5 nitrogen and oxygen atoms in total. The average molecular weight is 400 g/mol. The van der Waals surface area contributed by atoms with Crippen LogP contribution in [0.4, 0.5) is 5.69 Å². The molecule has 6 rings (SSSR count). The van der Waals surface area contributed by atoms with Crippen LogP contribution in [0.1, 0.15) is 30.9 Å². The zero-order valence-electron chi connectivity index (χ0n) is 16.6. The fourth-order valence-corrected chi connectivity index (χ4v) is 5.35. The first-order valence-corrected chi connectivity index (χ1v) is 10.6. The van der Waals surface area contributed by atoms with Crippen LogP contribution in [0.15, 0.2) is 72.8 Å². The summed E-state index contributed by atoms with van der Waals surface area (Å²) in [5.41, 5.74) is 1.51. The van der Waals surface area contributed by atoms with E-state index in [1.54, 1.807) is 0 Å². The van der Waals surface area contributed by atoms with Gasteiger partial charge in [0.2, 0.25) is 17.7 Å². The van der Waals surface area contributed by atoms with E-state index in [0.717, 1.165) is 18.4 Å². The van der Waals surface area contributed by atoms with Crippen molar-refractivity contribution in [2.75, 3.05) is 5.32 Å². The predicted octanol–water partition coefficient (Wildman–Crippen LogP) is 3.95. The number of carbonyl (C=O) groups is 3. The number of hydrogen-bond acceptors (Lipinski definition) is 3. The predicted molar refractivity (Wildman–Crippen MR) is 113 cm³/mol. The first-order valence-electron chi connectivity index (χ1n) is 10.6. The van der Waals surface area contributed by atoms with Crippen molar-refractivity contribution >= 4 is 23.4 Å². The minimum Gasteiger partial charge on any atom is -0.326 e. The van der Waals surface area contributed by atoms with E-state index in [-0.39, 0.29) is 47.8 Å². The number of anilines is 1. The van der Waals surface area contributed by atoms with Gasteiger partial charge in [-0.3, -0.25) is 19.3 Å². The second-order valence-corrected chi connectivity index (χ2v) is 8.43. The maximum atomic E-state index is 13.4. The van der Waals surface area contributed by atoms with E-state index in [4.69, 9.17) is 0 Å². The minimum atomic E-state index is -0.597. The molecule has 2 aromatic carbocycles. The zero-order chi connectivity index (χ0) is 20.7. The molecule has 1 saturated carbocycles. The number of likely N-dealkylation sites (tertiary alicyclic amines) is 1. The van der Waals surface area contributed by atoms with E-state index >= 15 is 0 Å². The van der Waals surface area contributed by atoms with Crippen LogP contribution in [0.3, 0.4) is 0 Å². The second kappa shape index (κ2) is 7.56. The highest BCUT2D eigenvalue weighted by Gasteiger charge is 2.58. The third kappa shape index (κ3) is 3.15. The quantitative estimate of drug-likeness (QED) is 0.610. The summed E-state index contributed by atoms with van der Waals surface area (Å²) < 4.78 is 0. The number of allylic oxidation sites excluding steroid dienone is 2. The van der Waals surface area contributed by atoms with E-state index in [9.17, 15) is 14.4 Å². The van der Waals surface area contributed by atoms with Crippen molar-refractivity contribution in [1.29, 1.82) is 0 Å². The van der Waals surface area contributed by atoms with Crippen LogP contribution in [-0.4, -0.2) is 22.6 Å². The van der Waals surface area contributed by atoms with Crippen LogP contribution >= 0.6 is 0 Å². The number of nitrogens with one attached hydrogen (secondary N) is 1. The molecule has 3 aliphatic carbocycles. The lowest BCUT2D eigenvalue weighted by Crippen LogP contribution is -2.38. The Balaban J connectivity index is 1.45. The third-order valence-corrected chi connectivity index (χ3v) is 6.73. The fraction of sp³-hybridized carbons (Fsp3) is 0.320. The molecule has 30 heavy (non-hydrogen) atoms. The highest BCUT2D eigenvalue weighted by atomic mass is 16.2. The van der Waals surface area contributed by atoms with E-state index in [1.165, 1.54) is 4.90 Å². The molecular formula is C25H24N2O3. The van der Waals surface area contributed by atoms with Gasteiger partial charge in [0.05, 0.1) is 24.3 Å². The largest absolute Gasteiger partial charge is 0.326 e. The van der Waals surface area contributed by atoms with Gasteiger partial charge < -0.3 is 5.32 Å². The van der Waals surface area contributed by atoms with Gasteiger partial charge in [-0.1, -0.05) is 60.7 Å². The molecule has 1 heterocycles. The summed E-state index contributed by atoms with van der Waals surface area (Å²) in [4.78, 5) is 41.1. The summed E-state index contributed by atoms with van der Waals surface area (Å²) in [6.45, 7) is 0. The first-order chi connectivity index (χ1) is 14.6. The van der Waals surface area contributed by atoms with Crippen molar-refractivity contribution in [1.82, 2.24) is 4.90 Å². The maximum Gasteiger partial charge on any atom is 0.234 e. The topological polar surface area (TPSA) is 66.5 Å². The molecule has 3 amide bonds. The molecule has 5 atom stereocenters. The Labute approximate surface area is 175 Å². The average Bonchev–Trinajstić information content (AvgIpc) is 3.07. The summed E-state index contributed by atoms with van der Waals surface area (Å²) >= 11 is 0. The zero-order valence-corrected chi connectivity index (χ0v) is 16.6. The molecule has 1 aliphatic heterocycles. The summed E-state index contributed by atoms with van der Waals surface area (Å²) in [6.07, 6.45) is 6.19. The normalized spacial score (nSPS) is 27.8. The third-order valence-electron chi connectivity index (χ3n) is 6.73. The molecule has 5 heteroatoms. The van der Waals surface area contributed by atoms with Gasteiger partial charge in [-0.15, -0.1) is 0 Å². The number of amides is 3. The molecule has 1 N–H and O–H groups in total. The van der Waals surface area contributed by atoms with Gasteiger partial charge in [0.1, 0.15) is 0 Å². The van der Waals surface area contributed by atoms with Gasteiger partial charge in [-0.05, 0) is 42.4 Å². The number of para-hydroxylation sites is 1. The monoisotopic (exact) mass is 400 g/mol. The molecule has 2 aromatic rings. The maximum absolute atomic E-state index is 13.4. The fourth-order valence-electron chi connectivity index (χ4n) is 5.35. The number of rotatable bonds is 5. The van der Waals surface area contributed by atoms with Crippen molar-refractivity contribution in [2.45, 2.75) is 25.3 Å². The van der Waals surface area contributed by atoms with Gasteiger partial charge in [0, 0.05) is 5.69 Å². The summed E-state index contributed by atoms with van der Waals surface area (Å²) in [5, 5.41) is 2.89. The Morgan fingerprint density at radius 3 is 1.93 bits per heavy atom. The van der Waals surface area contributed by atoms with E-state index < -0.39 is 6.04 Å². The molecule has 2 bridgehead atoms. The van der Waals surface area contributed by atoms with Crippen molar-refractivity contribution in [3.8, 4) is 0 Å². The van der Waals surface area contributed by atoms with E-state index in [1.807, 2.05) is 60.7 Å². The van der Waals surface area contributed by atoms with Gasteiger partial charge in [-0.2, -0.15) is 0 Å². The van der Waals surface area contributed by atoms with Crippen LogP contribution < -0.4 is 5.32 Å². The van der Waals surface area contributed by atoms with Gasteiger partial charge in [0.25, 0.3) is 0 Å². The summed E-state index contributed by atoms with van der Waals surface area (Å²) in [7, 11) is 0. The molecule has 5 unspecified atom stereocenters. The Kier molecular flexibility index (Phi) is 4.74. The first kappa shape index (κ1) is 18.8. The number of nitrogens with zero attached hydrogens (tertiary/aromatic N) is 1. The number of carbonyl (C=O) groups excluding carboxylic acids is 3. The van der Waals surface area contributed by atoms with Crippen LogP contribution in [-0.2, 0) is 14.4 Å². The van der Waals surface area contributed by atoms with Crippen molar-refractivity contribution in [2.24, 2.45) is 23.7 Å². The molecular weight excluding hydrogens is 376 g/mol. The minimum absolute atomic E-state index is 0.0403. The SMILES string of the molecule is O=C(CC(c1ccccc1)N1C(=O)C2C3C=CC(CC3)C2C1=O)Nc1ccccc1. The van der Waals surface area contributed by atoms with Crippen molar-refractivity contribution in [3.63, 3.8) is 0 Å². The summed E-state index contributed by atoms with van der Waals surface area (Å²) in [6, 6.07) is 18.0. The van der Waals surface area contributed by atoms with E-state index in [2.05, 4.69) is 17.5 Å². The highest BCUT2D eigenvalue weighted by molar-refractivity contribution is 6.07. The lowest BCUT2D eigenvalue weighted by Gasteiger charge is -2.38. The van der Waals surface area contributed by atoms with Crippen LogP contribution in [0.2, 0.25) is 0 Å². The second-order valence-electron chi connectivity index (χ2n) is 8.43. The van der Waals surface area contributed by atoms with Crippen LogP contribution in [0.25, 0.3) is 0 Å². The standard InChI is InChI=1S/C25H24N2O3/c28-21(26-19-9-5-2-6-10-19)15-20(16-7-3-1-4-8-16)27-24(29)22-17-11-12-18(14-13-17)23(22)25(27)30/h1-12,17-18,20,22-23H,13-15H2,(H,26,28). The van der Waals surface area contributed by atoms with Gasteiger partial charge in [0.15, 0.2) is 0 Å². The number of hydrogen-bond donors (Lipinski definition) is 1. The lowest BCUT2D eigenvalue weighted by molar-refractivity contribution is -0.143. The summed E-state index contributed by atoms with van der Waals surface area (Å²) in [5.74, 6) is -0.733. The molecule has 2 fully saturated rings.